The van der Waals surface area contributed by atoms with Crippen LogP contribution in [-0.2, 0) is 11.0 Å². The smallest absolute Gasteiger partial charge is 0.355 e. The molecular weight excluding hydrogens is 375 g/mol. The van der Waals surface area contributed by atoms with E-state index in [-0.39, 0.29) is 11.9 Å². The van der Waals surface area contributed by atoms with E-state index in [9.17, 15) is 18.0 Å². The number of nitrogens with one attached hydrogen (secondary N) is 1. The summed E-state index contributed by atoms with van der Waals surface area (Å²) in [5.74, 6) is 0.788. The number of nitrogens with zero attached hydrogens (tertiary/aromatic N) is 2. The van der Waals surface area contributed by atoms with Crippen LogP contribution in [-0.4, -0.2) is 35.8 Å². The molecule has 1 fully saturated rings. The first-order chi connectivity index (χ1) is 12.9. The number of carbonyl (C=O) groups excluding carboxylic acids is 1. The molecule has 1 aliphatic rings. The number of thioether (sulfide) groups is 1. The molecule has 0 saturated carbocycles. The van der Waals surface area contributed by atoms with Gasteiger partial charge in [-0.05, 0) is 37.1 Å². The van der Waals surface area contributed by atoms with Crippen LogP contribution in [0.4, 0.5) is 19.0 Å². The van der Waals surface area contributed by atoms with Crippen LogP contribution in [0.15, 0.2) is 53.6 Å². The summed E-state index contributed by atoms with van der Waals surface area (Å²) in [5, 5.41) is 3.02. The maximum absolute atomic E-state index is 12.7. The molecule has 144 valence electrons. The molecule has 1 amide bonds. The summed E-state index contributed by atoms with van der Waals surface area (Å²) in [6.45, 7) is 1.25. The Hall–Kier alpha value is -2.22. The van der Waals surface area contributed by atoms with Crippen molar-refractivity contribution in [2.24, 2.45) is 0 Å². The minimum absolute atomic E-state index is 0.0354. The second-order valence-electron chi connectivity index (χ2n) is 6.36. The zero-order chi connectivity index (χ0) is 19.3. The van der Waals surface area contributed by atoms with Gasteiger partial charge in [-0.1, -0.05) is 18.2 Å². The lowest BCUT2D eigenvalue weighted by molar-refractivity contribution is -0.137. The lowest BCUT2D eigenvalue weighted by atomic mass is 10.1. The fraction of sp³-hybridized carbons (Fsp3) is 0.368. The summed E-state index contributed by atoms with van der Waals surface area (Å²) < 4.78 is 38.0. The summed E-state index contributed by atoms with van der Waals surface area (Å²) in [6.07, 6.45) is -1.84. The Balaban J connectivity index is 1.52. The number of alkyl halides is 3. The van der Waals surface area contributed by atoms with E-state index in [1.165, 1.54) is 17.8 Å². The quantitative estimate of drug-likeness (QED) is 0.778. The summed E-state index contributed by atoms with van der Waals surface area (Å²) in [7, 11) is 0. The normalized spacial score (nSPS) is 17.6. The number of aromatic nitrogens is 1. The molecular formula is C19H20F3N3OS. The third-order valence-corrected chi connectivity index (χ3v) is 5.31. The monoisotopic (exact) mass is 395 g/mol. The number of amides is 1. The number of pyridine rings is 1. The van der Waals surface area contributed by atoms with E-state index < -0.39 is 11.7 Å². The Bertz CT molecular complexity index is 753. The number of anilines is 1. The second kappa shape index (κ2) is 8.65. The van der Waals surface area contributed by atoms with Gasteiger partial charge in [0.2, 0.25) is 5.91 Å². The van der Waals surface area contributed by atoms with Crippen LogP contribution in [0.1, 0.15) is 18.4 Å². The highest BCUT2D eigenvalue weighted by molar-refractivity contribution is 8.00. The fourth-order valence-electron chi connectivity index (χ4n) is 2.98. The second-order valence-corrected chi connectivity index (χ2v) is 7.41. The molecule has 2 aromatic rings. The molecule has 1 aromatic heterocycles. The molecule has 1 atom stereocenters. The molecule has 8 heteroatoms. The average molecular weight is 395 g/mol. The first kappa shape index (κ1) is 19.5. The minimum atomic E-state index is -4.39. The summed E-state index contributed by atoms with van der Waals surface area (Å²) in [6, 6.07) is 12.1. The van der Waals surface area contributed by atoms with E-state index >= 15 is 0 Å². The first-order valence-corrected chi connectivity index (χ1v) is 9.66. The molecule has 0 spiro atoms. The Morgan fingerprint density at radius 1 is 1.22 bits per heavy atom. The molecule has 1 aliphatic heterocycles. The highest BCUT2D eigenvalue weighted by Gasteiger charge is 2.31. The molecule has 0 bridgehead atoms. The van der Waals surface area contributed by atoms with Gasteiger partial charge in [-0.15, -0.1) is 11.8 Å². The van der Waals surface area contributed by atoms with Crippen molar-refractivity contribution in [3.8, 4) is 0 Å². The number of piperidine rings is 1. The van der Waals surface area contributed by atoms with Gasteiger partial charge in [0.25, 0.3) is 0 Å². The Labute approximate surface area is 160 Å². The molecule has 0 aliphatic carbocycles. The van der Waals surface area contributed by atoms with Gasteiger partial charge in [-0.25, -0.2) is 4.98 Å². The molecule has 1 aromatic carbocycles. The van der Waals surface area contributed by atoms with Crippen molar-refractivity contribution >= 4 is 23.5 Å². The van der Waals surface area contributed by atoms with Crippen LogP contribution >= 0.6 is 11.8 Å². The Kier molecular flexibility index (Phi) is 6.26. The van der Waals surface area contributed by atoms with Crippen LogP contribution in [0.2, 0.25) is 0 Å². The van der Waals surface area contributed by atoms with Gasteiger partial charge in [-0.2, -0.15) is 13.2 Å². The average Bonchev–Trinajstić information content (AvgIpc) is 2.67. The number of benzene rings is 1. The Morgan fingerprint density at radius 2 is 2.00 bits per heavy atom. The van der Waals surface area contributed by atoms with Crippen molar-refractivity contribution in [2.45, 2.75) is 30.0 Å². The maximum Gasteiger partial charge on any atom is 0.417 e. The van der Waals surface area contributed by atoms with E-state index in [0.717, 1.165) is 30.0 Å². The van der Waals surface area contributed by atoms with Gasteiger partial charge in [0.1, 0.15) is 5.82 Å². The van der Waals surface area contributed by atoms with Crippen molar-refractivity contribution in [1.29, 1.82) is 0 Å². The Morgan fingerprint density at radius 3 is 2.67 bits per heavy atom. The molecule has 1 N–H and O–H groups in total. The minimum Gasteiger partial charge on any atom is -0.355 e. The van der Waals surface area contributed by atoms with Crippen LogP contribution in [0.25, 0.3) is 0 Å². The van der Waals surface area contributed by atoms with Crippen LogP contribution in [0.5, 0.6) is 0 Å². The third-order valence-electron chi connectivity index (χ3n) is 4.30. The van der Waals surface area contributed by atoms with Gasteiger partial charge in [0, 0.05) is 30.2 Å². The van der Waals surface area contributed by atoms with Crippen molar-refractivity contribution in [2.75, 3.05) is 23.7 Å². The van der Waals surface area contributed by atoms with Crippen LogP contribution < -0.4 is 10.2 Å². The molecule has 1 saturated heterocycles. The number of hydrogen-bond donors (Lipinski definition) is 1. The summed E-state index contributed by atoms with van der Waals surface area (Å²) in [5.41, 5.74) is -0.758. The SMILES string of the molecule is O=C(CSc1ccccc1)N[C@H]1CCCN(c2ccc(C(F)(F)F)cn2)C1. The third kappa shape index (κ3) is 5.63. The van der Waals surface area contributed by atoms with Crippen molar-refractivity contribution in [3.05, 3.63) is 54.2 Å². The largest absolute Gasteiger partial charge is 0.417 e. The van der Waals surface area contributed by atoms with Gasteiger partial charge in [-0.3, -0.25) is 4.79 Å². The van der Waals surface area contributed by atoms with Gasteiger partial charge in [0.05, 0.1) is 11.3 Å². The number of hydrogen-bond acceptors (Lipinski definition) is 4. The summed E-state index contributed by atoms with van der Waals surface area (Å²) in [4.78, 5) is 19.1. The lowest BCUT2D eigenvalue weighted by Gasteiger charge is -2.34. The van der Waals surface area contributed by atoms with Crippen LogP contribution in [0, 0.1) is 0 Å². The fourth-order valence-corrected chi connectivity index (χ4v) is 3.71. The topological polar surface area (TPSA) is 45.2 Å². The van der Waals surface area contributed by atoms with Gasteiger partial charge in [0.15, 0.2) is 0 Å². The zero-order valence-electron chi connectivity index (χ0n) is 14.6. The predicted octanol–water partition coefficient (Wildman–Crippen LogP) is 3.98. The molecule has 3 rings (SSSR count). The van der Waals surface area contributed by atoms with Crippen molar-refractivity contribution < 1.29 is 18.0 Å². The van der Waals surface area contributed by atoms with Crippen molar-refractivity contribution in [1.82, 2.24) is 10.3 Å². The van der Waals surface area contributed by atoms with E-state index in [4.69, 9.17) is 0 Å². The molecule has 4 nitrogen and oxygen atoms in total. The molecule has 0 radical (unpaired) electrons. The van der Waals surface area contributed by atoms with Gasteiger partial charge < -0.3 is 10.2 Å². The van der Waals surface area contributed by atoms with E-state index in [2.05, 4.69) is 10.3 Å². The van der Waals surface area contributed by atoms with E-state index in [1.54, 1.807) is 0 Å². The summed E-state index contributed by atoms with van der Waals surface area (Å²) >= 11 is 1.47. The number of rotatable bonds is 5. The maximum atomic E-state index is 12.7. The molecule has 0 unspecified atom stereocenters. The predicted molar refractivity (Wildman–Crippen MR) is 99.8 cm³/mol. The zero-order valence-corrected chi connectivity index (χ0v) is 15.4. The number of halogens is 3. The highest BCUT2D eigenvalue weighted by atomic mass is 32.2. The van der Waals surface area contributed by atoms with Crippen molar-refractivity contribution in [3.63, 3.8) is 0 Å². The lowest BCUT2D eigenvalue weighted by Crippen LogP contribution is -2.48. The molecule has 2 heterocycles. The van der Waals surface area contributed by atoms with Crippen LogP contribution in [0.3, 0.4) is 0 Å². The van der Waals surface area contributed by atoms with Gasteiger partial charge >= 0.3 is 6.18 Å². The molecule has 27 heavy (non-hydrogen) atoms. The first-order valence-electron chi connectivity index (χ1n) is 8.67. The standard InChI is InChI=1S/C19H20F3N3OS/c20-19(21,22)14-8-9-17(23-11-14)25-10-4-5-15(12-25)24-18(26)13-27-16-6-2-1-3-7-16/h1-3,6-9,11,15H,4-5,10,12-13H2,(H,24,26)/t15-/m0/s1. The van der Waals surface area contributed by atoms with E-state index in [1.807, 2.05) is 35.2 Å². The highest BCUT2D eigenvalue weighted by Crippen LogP contribution is 2.29. The number of carbonyl (C=O) groups is 1. The van der Waals surface area contributed by atoms with E-state index in [0.29, 0.717) is 24.7 Å².